The smallest absolute Gasteiger partial charge is 0.127 e. The van der Waals surface area contributed by atoms with Crippen LogP contribution in [-0.4, -0.2) is 19.6 Å². The topological polar surface area (TPSA) is 66.4 Å². The molecule has 0 fully saturated rings. The lowest BCUT2D eigenvalue weighted by molar-refractivity contribution is 0.344. The van der Waals surface area contributed by atoms with Crippen molar-refractivity contribution in [1.82, 2.24) is 0 Å². The van der Waals surface area contributed by atoms with E-state index in [4.69, 9.17) is 4.74 Å². The maximum absolute atomic E-state index is 11.1. The van der Waals surface area contributed by atoms with Crippen LogP contribution in [0.25, 0.3) is 10.8 Å². The molecule has 0 radical (unpaired) electrons. The second-order valence-corrected chi connectivity index (χ2v) is 4.84. The van der Waals surface area contributed by atoms with Gasteiger partial charge < -0.3 is 9.29 Å². The molecule has 0 spiro atoms. The minimum atomic E-state index is -4.47. The van der Waals surface area contributed by atoms with E-state index in [1.54, 1.807) is 24.3 Å². The normalized spacial score (nSPS) is 11.6. The highest BCUT2D eigenvalue weighted by molar-refractivity contribution is 7.86. The number of ether oxygens (including phenoxy) is 1. The van der Waals surface area contributed by atoms with Crippen LogP contribution in [0.4, 0.5) is 0 Å². The van der Waals surface area contributed by atoms with Gasteiger partial charge in [-0.15, -0.1) is 0 Å². The molecule has 17 heavy (non-hydrogen) atoms. The van der Waals surface area contributed by atoms with Crippen molar-refractivity contribution in [2.45, 2.75) is 11.8 Å². The van der Waals surface area contributed by atoms with E-state index < -0.39 is 10.1 Å². The van der Waals surface area contributed by atoms with Crippen LogP contribution < -0.4 is 4.74 Å². The number of hydrogen-bond donors (Lipinski definition) is 0. The molecule has 4 nitrogen and oxygen atoms in total. The van der Waals surface area contributed by atoms with Gasteiger partial charge in [0.25, 0.3) is 0 Å². The van der Waals surface area contributed by atoms with Crippen molar-refractivity contribution in [3.63, 3.8) is 0 Å². The molecule has 2 rings (SSSR count). The number of benzene rings is 2. The summed E-state index contributed by atoms with van der Waals surface area (Å²) in [6, 6.07) is 9.59. The second kappa shape index (κ2) is 4.35. The van der Waals surface area contributed by atoms with E-state index >= 15 is 0 Å². The molecule has 2 aromatic carbocycles. The summed E-state index contributed by atoms with van der Waals surface area (Å²) in [5, 5.41) is 1.03. The first-order chi connectivity index (χ1) is 8.04. The lowest BCUT2D eigenvalue weighted by atomic mass is 10.1. The van der Waals surface area contributed by atoms with Crippen LogP contribution in [-0.2, 0) is 10.1 Å². The molecule has 5 heteroatoms. The molecule has 0 saturated heterocycles. The van der Waals surface area contributed by atoms with Crippen molar-refractivity contribution in [1.29, 1.82) is 0 Å². The first-order valence-electron chi connectivity index (χ1n) is 5.14. The Labute approximate surface area is 99.6 Å². The Bertz CT molecular complexity index is 647. The third kappa shape index (κ3) is 2.25. The molecular formula is C12H11O4S-. The molecule has 2 aromatic rings. The van der Waals surface area contributed by atoms with Crippen molar-refractivity contribution in [3.05, 3.63) is 36.4 Å². The van der Waals surface area contributed by atoms with Crippen molar-refractivity contribution < 1.29 is 17.7 Å². The second-order valence-electron chi connectivity index (χ2n) is 3.49. The van der Waals surface area contributed by atoms with Gasteiger partial charge in [0.05, 0.1) is 11.5 Å². The predicted molar refractivity (Wildman–Crippen MR) is 63.1 cm³/mol. The average molecular weight is 251 g/mol. The van der Waals surface area contributed by atoms with Gasteiger partial charge in [-0.05, 0) is 19.1 Å². The Morgan fingerprint density at radius 1 is 1.12 bits per heavy atom. The molecular weight excluding hydrogens is 240 g/mol. The van der Waals surface area contributed by atoms with Gasteiger partial charge in [0, 0.05) is 10.8 Å². The van der Waals surface area contributed by atoms with Crippen LogP contribution >= 0.6 is 0 Å². The van der Waals surface area contributed by atoms with Crippen molar-refractivity contribution in [3.8, 4) is 5.75 Å². The standard InChI is InChI=1S/C12H12O4S/c1-2-16-11-7-8-12(17(13,14)15)10-6-4-3-5-9(10)11/h3-8H,2H2,1H3,(H,13,14,15)/p-1. The molecule has 0 bridgehead atoms. The van der Waals surface area contributed by atoms with Crippen molar-refractivity contribution in [2.75, 3.05) is 6.61 Å². The first-order valence-corrected chi connectivity index (χ1v) is 6.55. The van der Waals surface area contributed by atoms with E-state index in [1.165, 1.54) is 12.1 Å². The van der Waals surface area contributed by atoms with E-state index in [9.17, 15) is 13.0 Å². The summed E-state index contributed by atoms with van der Waals surface area (Å²) in [4.78, 5) is -0.212. The summed E-state index contributed by atoms with van der Waals surface area (Å²) in [6.07, 6.45) is 0. The minimum absolute atomic E-state index is 0.212. The van der Waals surface area contributed by atoms with E-state index in [-0.39, 0.29) is 4.90 Å². The van der Waals surface area contributed by atoms with Crippen molar-refractivity contribution >= 4 is 20.9 Å². The third-order valence-electron chi connectivity index (χ3n) is 2.41. The summed E-state index contributed by atoms with van der Waals surface area (Å²) in [5.41, 5.74) is 0. The van der Waals surface area contributed by atoms with Crippen molar-refractivity contribution in [2.24, 2.45) is 0 Å². The summed E-state index contributed by atoms with van der Waals surface area (Å²) in [7, 11) is -4.47. The highest BCUT2D eigenvalue weighted by Gasteiger charge is 2.10. The van der Waals surface area contributed by atoms with Crippen LogP contribution in [0.5, 0.6) is 5.75 Å². The average Bonchev–Trinajstić information content (AvgIpc) is 2.28. The maximum Gasteiger partial charge on any atom is 0.127 e. The van der Waals surface area contributed by atoms with Gasteiger partial charge in [-0.25, -0.2) is 8.42 Å². The molecule has 90 valence electrons. The summed E-state index contributed by atoms with van der Waals surface area (Å²) in [6.45, 7) is 2.32. The summed E-state index contributed by atoms with van der Waals surface area (Å²) < 4.78 is 38.7. The Morgan fingerprint density at radius 3 is 2.35 bits per heavy atom. The lowest BCUT2D eigenvalue weighted by Crippen LogP contribution is -2.01. The highest BCUT2D eigenvalue weighted by Crippen LogP contribution is 2.30. The third-order valence-corrected chi connectivity index (χ3v) is 3.31. The van der Waals surface area contributed by atoms with Gasteiger partial charge in [0.2, 0.25) is 0 Å². The predicted octanol–water partition coefficient (Wildman–Crippen LogP) is 2.14. The molecule has 0 atom stereocenters. The first kappa shape index (κ1) is 11.9. The number of hydrogen-bond acceptors (Lipinski definition) is 4. The van der Waals surface area contributed by atoms with Gasteiger partial charge in [-0.3, -0.25) is 0 Å². The van der Waals surface area contributed by atoms with E-state index in [1.807, 2.05) is 6.92 Å². The maximum atomic E-state index is 11.1. The number of rotatable bonds is 3. The van der Waals surface area contributed by atoms with Crippen LogP contribution in [0.3, 0.4) is 0 Å². The van der Waals surface area contributed by atoms with Gasteiger partial charge in [-0.1, -0.05) is 24.3 Å². The van der Waals surface area contributed by atoms with Gasteiger partial charge in [0.15, 0.2) is 0 Å². The monoisotopic (exact) mass is 251 g/mol. The van der Waals surface area contributed by atoms with Gasteiger partial charge in [-0.2, -0.15) is 0 Å². The fourth-order valence-corrected chi connectivity index (χ4v) is 2.43. The van der Waals surface area contributed by atoms with Crippen LogP contribution in [0, 0.1) is 0 Å². The van der Waals surface area contributed by atoms with E-state index in [2.05, 4.69) is 0 Å². The SMILES string of the molecule is CCOc1ccc(S(=O)(=O)[O-])c2ccccc12. The molecule has 0 aliphatic carbocycles. The van der Waals surface area contributed by atoms with Gasteiger partial charge in [0.1, 0.15) is 15.9 Å². The Kier molecular flexibility index (Phi) is 3.04. The minimum Gasteiger partial charge on any atom is -0.744 e. The molecule has 0 aromatic heterocycles. The lowest BCUT2D eigenvalue weighted by Gasteiger charge is -2.13. The zero-order valence-electron chi connectivity index (χ0n) is 9.21. The fourth-order valence-electron chi connectivity index (χ4n) is 1.74. The molecule has 0 amide bonds. The number of fused-ring (bicyclic) bond motifs is 1. The molecule has 0 heterocycles. The zero-order chi connectivity index (χ0) is 12.5. The zero-order valence-corrected chi connectivity index (χ0v) is 10.0. The molecule has 0 aliphatic heterocycles. The largest absolute Gasteiger partial charge is 0.744 e. The summed E-state index contributed by atoms with van der Waals surface area (Å²) in [5.74, 6) is 0.579. The highest BCUT2D eigenvalue weighted by atomic mass is 32.2. The fraction of sp³-hybridized carbons (Fsp3) is 0.167. The Hall–Kier alpha value is -1.59. The quantitative estimate of drug-likeness (QED) is 0.784. The molecule has 0 aliphatic rings. The van der Waals surface area contributed by atoms with Crippen LogP contribution in [0.2, 0.25) is 0 Å². The van der Waals surface area contributed by atoms with Crippen LogP contribution in [0.15, 0.2) is 41.3 Å². The molecule has 0 saturated carbocycles. The summed E-state index contributed by atoms with van der Waals surface area (Å²) >= 11 is 0. The van der Waals surface area contributed by atoms with Crippen LogP contribution in [0.1, 0.15) is 6.92 Å². The molecule has 0 N–H and O–H groups in total. The Morgan fingerprint density at radius 2 is 1.76 bits per heavy atom. The van der Waals surface area contributed by atoms with E-state index in [0.29, 0.717) is 23.1 Å². The van der Waals surface area contributed by atoms with Gasteiger partial charge >= 0.3 is 0 Å². The Balaban J connectivity index is 2.80. The molecule has 0 unspecified atom stereocenters. The van der Waals surface area contributed by atoms with E-state index in [0.717, 1.165) is 0 Å².